The van der Waals surface area contributed by atoms with E-state index in [-0.39, 0.29) is 11.5 Å². The van der Waals surface area contributed by atoms with Gasteiger partial charge in [0.1, 0.15) is 5.82 Å². The Balaban J connectivity index is 1.85. The second kappa shape index (κ2) is 5.71. The standard InChI is InChI=1S/C14H19FN2/c15-12-7-4-8-13(14(12)16)17-10-9-11-5-2-1-3-6-11/h4-5,7-8,17H,1-3,6,9-10,16H2. The van der Waals surface area contributed by atoms with Gasteiger partial charge in [0.2, 0.25) is 0 Å². The van der Waals surface area contributed by atoms with Gasteiger partial charge >= 0.3 is 0 Å². The van der Waals surface area contributed by atoms with E-state index >= 15 is 0 Å². The van der Waals surface area contributed by atoms with Gasteiger partial charge in [-0.3, -0.25) is 0 Å². The molecule has 0 spiro atoms. The van der Waals surface area contributed by atoms with Crippen LogP contribution in [0.3, 0.4) is 0 Å². The fourth-order valence-corrected chi connectivity index (χ4v) is 2.18. The molecule has 0 saturated heterocycles. The number of halogens is 1. The van der Waals surface area contributed by atoms with Crippen LogP contribution < -0.4 is 11.1 Å². The van der Waals surface area contributed by atoms with Gasteiger partial charge in [0.25, 0.3) is 0 Å². The largest absolute Gasteiger partial charge is 0.395 e. The Hall–Kier alpha value is -1.51. The van der Waals surface area contributed by atoms with E-state index in [1.165, 1.54) is 37.3 Å². The van der Waals surface area contributed by atoms with Crippen molar-refractivity contribution in [2.75, 3.05) is 17.6 Å². The van der Waals surface area contributed by atoms with Crippen LogP contribution >= 0.6 is 0 Å². The molecule has 0 aromatic heterocycles. The maximum atomic E-state index is 13.2. The SMILES string of the molecule is Nc1c(F)cccc1NCCC1=CCCCC1. The number of benzene rings is 1. The van der Waals surface area contributed by atoms with Crippen LogP contribution in [0.15, 0.2) is 29.8 Å². The monoisotopic (exact) mass is 234 g/mol. The first-order chi connectivity index (χ1) is 8.27. The molecule has 92 valence electrons. The minimum atomic E-state index is -0.355. The van der Waals surface area contributed by atoms with Crippen LogP contribution in [-0.4, -0.2) is 6.54 Å². The highest BCUT2D eigenvalue weighted by atomic mass is 19.1. The topological polar surface area (TPSA) is 38.0 Å². The summed E-state index contributed by atoms with van der Waals surface area (Å²) in [4.78, 5) is 0. The quantitative estimate of drug-likeness (QED) is 0.615. The van der Waals surface area contributed by atoms with E-state index in [0.717, 1.165) is 13.0 Å². The minimum absolute atomic E-state index is 0.213. The summed E-state index contributed by atoms with van der Waals surface area (Å²) in [6, 6.07) is 4.87. The molecule has 3 heteroatoms. The fourth-order valence-electron chi connectivity index (χ4n) is 2.18. The molecule has 0 atom stereocenters. The third-order valence-corrected chi connectivity index (χ3v) is 3.20. The first-order valence-corrected chi connectivity index (χ1v) is 6.23. The van der Waals surface area contributed by atoms with Gasteiger partial charge in [0.15, 0.2) is 0 Å². The Morgan fingerprint density at radius 3 is 2.94 bits per heavy atom. The Kier molecular flexibility index (Phi) is 4.02. The molecule has 0 bridgehead atoms. The van der Waals surface area contributed by atoms with Crippen molar-refractivity contribution in [3.05, 3.63) is 35.7 Å². The van der Waals surface area contributed by atoms with Gasteiger partial charge in [-0.05, 0) is 44.2 Å². The van der Waals surface area contributed by atoms with Crippen LogP contribution in [0.2, 0.25) is 0 Å². The molecule has 0 heterocycles. The molecule has 0 unspecified atom stereocenters. The van der Waals surface area contributed by atoms with Gasteiger partial charge in [-0.15, -0.1) is 0 Å². The average Bonchev–Trinajstić information content (AvgIpc) is 2.36. The molecular formula is C14H19FN2. The van der Waals surface area contributed by atoms with Gasteiger partial charge in [-0.1, -0.05) is 17.7 Å². The van der Waals surface area contributed by atoms with Crippen molar-refractivity contribution >= 4 is 11.4 Å². The second-order valence-corrected chi connectivity index (χ2v) is 4.49. The maximum absolute atomic E-state index is 13.2. The fraction of sp³-hybridized carbons (Fsp3) is 0.429. The van der Waals surface area contributed by atoms with E-state index in [9.17, 15) is 4.39 Å². The zero-order valence-electron chi connectivity index (χ0n) is 10.0. The first kappa shape index (κ1) is 12.0. The number of nitrogens with one attached hydrogen (secondary N) is 1. The van der Waals surface area contributed by atoms with Crippen LogP contribution in [0, 0.1) is 5.82 Å². The van der Waals surface area contributed by atoms with E-state index in [0.29, 0.717) is 5.69 Å². The van der Waals surface area contributed by atoms with Gasteiger partial charge in [0.05, 0.1) is 11.4 Å². The molecule has 2 nitrogen and oxygen atoms in total. The lowest BCUT2D eigenvalue weighted by Crippen LogP contribution is -2.07. The normalized spacial score (nSPS) is 15.5. The summed E-state index contributed by atoms with van der Waals surface area (Å²) in [6.45, 7) is 0.819. The highest BCUT2D eigenvalue weighted by molar-refractivity contribution is 5.66. The second-order valence-electron chi connectivity index (χ2n) is 4.49. The summed E-state index contributed by atoms with van der Waals surface area (Å²) in [5.41, 5.74) is 8.07. The number of anilines is 2. The van der Waals surface area contributed by atoms with Crippen molar-refractivity contribution in [3.63, 3.8) is 0 Å². The van der Waals surface area contributed by atoms with Gasteiger partial charge in [-0.2, -0.15) is 0 Å². The molecule has 1 aromatic rings. The van der Waals surface area contributed by atoms with Crippen molar-refractivity contribution < 1.29 is 4.39 Å². The summed E-state index contributed by atoms with van der Waals surface area (Å²) in [5.74, 6) is -0.355. The number of rotatable bonds is 4. The predicted octanol–water partition coefficient (Wildman–Crippen LogP) is 3.71. The Morgan fingerprint density at radius 1 is 1.29 bits per heavy atom. The molecule has 1 aliphatic carbocycles. The van der Waals surface area contributed by atoms with E-state index in [2.05, 4.69) is 11.4 Å². The molecule has 1 aliphatic rings. The van der Waals surface area contributed by atoms with Gasteiger partial charge in [-0.25, -0.2) is 4.39 Å². The molecule has 17 heavy (non-hydrogen) atoms. The van der Waals surface area contributed by atoms with E-state index in [1.54, 1.807) is 6.07 Å². The molecular weight excluding hydrogens is 215 g/mol. The molecule has 3 N–H and O–H groups in total. The Morgan fingerprint density at radius 2 is 2.18 bits per heavy atom. The first-order valence-electron chi connectivity index (χ1n) is 6.23. The molecule has 0 amide bonds. The third-order valence-electron chi connectivity index (χ3n) is 3.20. The third kappa shape index (κ3) is 3.22. The van der Waals surface area contributed by atoms with Crippen LogP contribution in [-0.2, 0) is 0 Å². The van der Waals surface area contributed by atoms with Crippen LogP contribution in [0.5, 0.6) is 0 Å². The minimum Gasteiger partial charge on any atom is -0.395 e. The number of nitrogens with two attached hydrogens (primary N) is 1. The molecule has 0 fully saturated rings. The lowest BCUT2D eigenvalue weighted by atomic mass is 9.97. The lowest BCUT2D eigenvalue weighted by Gasteiger charge is -2.14. The number of para-hydroxylation sites is 1. The van der Waals surface area contributed by atoms with Crippen molar-refractivity contribution in [1.29, 1.82) is 0 Å². The van der Waals surface area contributed by atoms with E-state index in [1.807, 2.05) is 6.07 Å². The summed E-state index contributed by atoms with van der Waals surface area (Å²) < 4.78 is 13.2. The van der Waals surface area contributed by atoms with Crippen molar-refractivity contribution in [2.45, 2.75) is 32.1 Å². The zero-order valence-corrected chi connectivity index (χ0v) is 10.0. The highest BCUT2D eigenvalue weighted by Gasteiger charge is 2.05. The van der Waals surface area contributed by atoms with Gasteiger partial charge in [0, 0.05) is 6.54 Å². The van der Waals surface area contributed by atoms with Crippen molar-refractivity contribution in [3.8, 4) is 0 Å². The van der Waals surface area contributed by atoms with Gasteiger partial charge < -0.3 is 11.1 Å². The predicted molar refractivity (Wildman–Crippen MR) is 70.5 cm³/mol. The summed E-state index contributed by atoms with van der Waals surface area (Å²) >= 11 is 0. The zero-order chi connectivity index (χ0) is 12.1. The number of hydrogen-bond acceptors (Lipinski definition) is 2. The number of hydrogen-bond donors (Lipinski definition) is 2. The van der Waals surface area contributed by atoms with Crippen LogP contribution in [0.4, 0.5) is 15.8 Å². The number of nitrogen functional groups attached to an aromatic ring is 1. The molecule has 0 aliphatic heterocycles. The van der Waals surface area contributed by atoms with E-state index < -0.39 is 0 Å². The highest BCUT2D eigenvalue weighted by Crippen LogP contribution is 2.23. The molecule has 0 radical (unpaired) electrons. The molecule has 1 aromatic carbocycles. The van der Waals surface area contributed by atoms with Crippen LogP contribution in [0.25, 0.3) is 0 Å². The van der Waals surface area contributed by atoms with Crippen molar-refractivity contribution in [2.24, 2.45) is 0 Å². The summed E-state index contributed by atoms with van der Waals surface area (Å²) in [5, 5.41) is 3.20. The maximum Gasteiger partial charge on any atom is 0.148 e. The molecule has 2 rings (SSSR count). The Bertz CT molecular complexity index is 413. The average molecular weight is 234 g/mol. The molecule has 0 saturated carbocycles. The summed E-state index contributed by atoms with van der Waals surface area (Å²) in [7, 11) is 0. The summed E-state index contributed by atoms with van der Waals surface area (Å²) in [6.07, 6.45) is 8.38. The lowest BCUT2D eigenvalue weighted by molar-refractivity contribution is 0.633. The van der Waals surface area contributed by atoms with E-state index in [4.69, 9.17) is 5.73 Å². The van der Waals surface area contributed by atoms with Crippen molar-refractivity contribution in [1.82, 2.24) is 0 Å². The Labute approximate surface area is 102 Å². The number of allylic oxidation sites excluding steroid dienone is 1. The smallest absolute Gasteiger partial charge is 0.148 e. The van der Waals surface area contributed by atoms with Crippen LogP contribution in [0.1, 0.15) is 32.1 Å².